The minimum Gasteiger partial charge on any atom is -0.399 e. The molecular weight excluding hydrogens is 322 g/mol. The SMILES string of the molecule is CC(C)(C)S(=O)(=O)CC1CCC(C(=O)Cc2ccc(N)cc2)CC1. The van der Waals surface area contributed by atoms with Gasteiger partial charge in [0.1, 0.15) is 5.78 Å². The Morgan fingerprint density at radius 3 is 2.12 bits per heavy atom. The van der Waals surface area contributed by atoms with Gasteiger partial charge in [-0.3, -0.25) is 4.79 Å². The van der Waals surface area contributed by atoms with Crippen molar-refractivity contribution in [3.8, 4) is 0 Å². The summed E-state index contributed by atoms with van der Waals surface area (Å²) in [6, 6.07) is 7.43. The standard InChI is InChI=1S/C19H29NO3S/c1-19(2,3)24(22,23)13-15-4-8-16(9-5-15)18(21)12-14-6-10-17(20)11-7-14/h6-7,10-11,15-16H,4-5,8-9,12-13,20H2,1-3H3. The molecule has 1 aliphatic carbocycles. The number of ketones is 1. The summed E-state index contributed by atoms with van der Waals surface area (Å²) in [4.78, 5) is 12.5. The maximum absolute atomic E-state index is 12.5. The highest BCUT2D eigenvalue weighted by atomic mass is 32.2. The second kappa shape index (κ2) is 7.26. The van der Waals surface area contributed by atoms with E-state index in [0.29, 0.717) is 12.1 Å². The van der Waals surface area contributed by atoms with E-state index in [0.717, 1.165) is 31.2 Å². The smallest absolute Gasteiger partial charge is 0.155 e. The zero-order valence-electron chi connectivity index (χ0n) is 14.9. The summed E-state index contributed by atoms with van der Waals surface area (Å²) in [5, 5.41) is 0. The number of hydrogen-bond donors (Lipinski definition) is 1. The molecular formula is C19H29NO3S. The Labute approximate surface area is 145 Å². The van der Waals surface area contributed by atoms with Crippen molar-refractivity contribution >= 4 is 21.3 Å². The molecule has 2 rings (SSSR count). The fraction of sp³-hybridized carbons (Fsp3) is 0.632. The summed E-state index contributed by atoms with van der Waals surface area (Å²) in [6.45, 7) is 5.26. The first-order valence-corrected chi connectivity index (χ1v) is 10.3. The van der Waals surface area contributed by atoms with Gasteiger partial charge in [-0.05, 0) is 70.1 Å². The first kappa shape index (κ1) is 19.0. The summed E-state index contributed by atoms with van der Waals surface area (Å²) >= 11 is 0. The highest BCUT2D eigenvalue weighted by Gasteiger charge is 2.34. The van der Waals surface area contributed by atoms with Gasteiger partial charge in [0.05, 0.1) is 10.5 Å². The van der Waals surface area contributed by atoms with Crippen molar-refractivity contribution in [1.82, 2.24) is 0 Å². The molecule has 0 spiro atoms. The second-order valence-electron chi connectivity index (χ2n) is 8.00. The summed E-state index contributed by atoms with van der Waals surface area (Å²) in [6.07, 6.45) is 3.70. The van der Waals surface area contributed by atoms with Crippen LogP contribution in [-0.2, 0) is 21.1 Å². The Kier molecular flexibility index (Phi) is 5.74. The quantitative estimate of drug-likeness (QED) is 0.825. The number of carbonyl (C=O) groups excluding carboxylic acids is 1. The van der Waals surface area contributed by atoms with Crippen LogP contribution in [0.1, 0.15) is 52.0 Å². The van der Waals surface area contributed by atoms with Crippen LogP contribution in [0, 0.1) is 11.8 Å². The monoisotopic (exact) mass is 351 g/mol. The average Bonchev–Trinajstić information content (AvgIpc) is 2.49. The Balaban J connectivity index is 1.86. The molecule has 0 heterocycles. The molecule has 1 fully saturated rings. The molecule has 1 aliphatic rings. The van der Waals surface area contributed by atoms with Crippen LogP contribution in [0.5, 0.6) is 0 Å². The summed E-state index contributed by atoms with van der Waals surface area (Å²) < 4.78 is 24.0. The van der Waals surface area contributed by atoms with E-state index in [1.54, 1.807) is 20.8 Å². The van der Waals surface area contributed by atoms with Gasteiger partial charge >= 0.3 is 0 Å². The van der Waals surface area contributed by atoms with Crippen molar-refractivity contribution in [3.05, 3.63) is 29.8 Å². The van der Waals surface area contributed by atoms with Crippen LogP contribution in [-0.4, -0.2) is 24.7 Å². The molecule has 1 aromatic carbocycles. The van der Waals surface area contributed by atoms with Crippen molar-refractivity contribution in [2.45, 2.75) is 57.6 Å². The van der Waals surface area contributed by atoms with Crippen molar-refractivity contribution in [2.75, 3.05) is 11.5 Å². The first-order valence-electron chi connectivity index (χ1n) is 8.68. The molecule has 4 nitrogen and oxygen atoms in total. The predicted octanol–water partition coefficient (Wildman–Crippen LogP) is 3.40. The molecule has 0 amide bonds. The molecule has 0 atom stereocenters. The zero-order chi connectivity index (χ0) is 18.0. The van der Waals surface area contributed by atoms with Crippen LogP contribution in [0.4, 0.5) is 5.69 Å². The van der Waals surface area contributed by atoms with Gasteiger partial charge < -0.3 is 5.73 Å². The van der Waals surface area contributed by atoms with Crippen LogP contribution >= 0.6 is 0 Å². The average molecular weight is 352 g/mol. The largest absolute Gasteiger partial charge is 0.399 e. The fourth-order valence-electron chi connectivity index (χ4n) is 3.19. The van der Waals surface area contributed by atoms with Crippen molar-refractivity contribution < 1.29 is 13.2 Å². The minimum atomic E-state index is -3.08. The predicted molar refractivity (Wildman–Crippen MR) is 98.6 cm³/mol. The van der Waals surface area contributed by atoms with E-state index in [1.807, 2.05) is 24.3 Å². The molecule has 1 aromatic rings. The zero-order valence-corrected chi connectivity index (χ0v) is 15.7. The molecule has 5 heteroatoms. The van der Waals surface area contributed by atoms with Gasteiger partial charge in [-0.25, -0.2) is 8.42 Å². The number of hydrogen-bond acceptors (Lipinski definition) is 4. The van der Waals surface area contributed by atoms with Gasteiger partial charge in [-0.15, -0.1) is 0 Å². The van der Waals surface area contributed by atoms with E-state index < -0.39 is 14.6 Å². The van der Waals surface area contributed by atoms with Crippen LogP contribution in [0.15, 0.2) is 24.3 Å². The lowest BCUT2D eigenvalue weighted by Gasteiger charge is -2.30. The van der Waals surface area contributed by atoms with Gasteiger partial charge in [-0.2, -0.15) is 0 Å². The van der Waals surface area contributed by atoms with Gasteiger partial charge in [-0.1, -0.05) is 12.1 Å². The second-order valence-corrected chi connectivity index (χ2v) is 10.8. The van der Waals surface area contributed by atoms with Crippen LogP contribution < -0.4 is 5.73 Å². The molecule has 134 valence electrons. The Hall–Kier alpha value is -1.36. The van der Waals surface area contributed by atoms with Crippen LogP contribution in [0.25, 0.3) is 0 Å². The number of benzene rings is 1. The Morgan fingerprint density at radius 2 is 1.62 bits per heavy atom. The van der Waals surface area contributed by atoms with Gasteiger partial charge in [0, 0.05) is 18.0 Å². The molecule has 0 bridgehead atoms. The highest BCUT2D eigenvalue weighted by Crippen LogP contribution is 2.32. The molecule has 0 radical (unpaired) electrons. The maximum Gasteiger partial charge on any atom is 0.155 e. The fourth-order valence-corrected chi connectivity index (χ4v) is 4.65. The molecule has 2 N–H and O–H groups in total. The van der Waals surface area contributed by atoms with E-state index >= 15 is 0 Å². The summed E-state index contributed by atoms with van der Waals surface area (Å²) in [7, 11) is -3.08. The summed E-state index contributed by atoms with van der Waals surface area (Å²) in [5.41, 5.74) is 7.36. The van der Waals surface area contributed by atoms with E-state index in [1.165, 1.54) is 0 Å². The lowest BCUT2D eigenvalue weighted by Crippen LogP contribution is -2.35. The van der Waals surface area contributed by atoms with Crippen LogP contribution in [0.2, 0.25) is 0 Å². The number of rotatable bonds is 5. The van der Waals surface area contributed by atoms with Crippen molar-refractivity contribution in [1.29, 1.82) is 0 Å². The van der Waals surface area contributed by atoms with Crippen molar-refractivity contribution in [3.63, 3.8) is 0 Å². The third-order valence-corrected chi connectivity index (χ3v) is 7.82. The number of carbonyl (C=O) groups is 1. The molecule has 1 saturated carbocycles. The van der Waals surface area contributed by atoms with Gasteiger partial charge in [0.15, 0.2) is 9.84 Å². The summed E-state index contributed by atoms with van der Waals surface area (Å²) in [5.74, 6) is 0.762. The molecule has 0 aromatic heterocycles. The number of nitrogen functional groups attached to an aromatic ring is 1. The van der Waals surface area contributed by atoms with E-state index in [9.17, 15) is 13.2 Å². The molecule has 0 aliphatic heterocycles. The number of nitrogens with two attached hydrogens (primary N) is 1. The number of Topliss-reactive ketones (excluding diaryl/α,β-unsaturated/α-hetero) is 1. The molecule has 0 unspecified atom stereocenters. The van der Waals surface area contributed by atoms with E-state index in [-0.39, 0.29) is 23.4 Å². The van der Waals surface area contributed by atoms with Gasteiger partial charge in [0.25, 0.3) is 0 Å². The minimum absolute atomic E-state index is 0.0659. The number of anilines is 1. The molecule has 24 heavy (non-hydrogen) atoms. The Bertz CT molecular complexity index is 664. The highest BCUT2D eigenvalue weighted by molar-refractivity contribution is 7.92. The van der Waals surface area contributed by atoms with Gasteiger partial charge in [0.2, 0.25) is 0 Å². The molecule has 0 saturated heterocycles. The topological polar surface area (TPSA) is 77.2 Å². The van der Waals surface area contributed by atoms with Crippen LogP contribution in [0.3, 0.4) is 0 Å². The van der Waals surface area contributed by atoms with E-state index in [2.05, 4.69) is 0 Å². The first-order chi connectivity index (χ1) is 11.1. The maximum atomic E-state index is 12.5. The lowest BCUT2D eigenvalue weighted by atomic mass is 9.79. The normalized spacial score (nSPS) is 22.3. The van der Waals surface area contributed by atoms with E-state index in [4.69, 9.17) is 5.73 Å². The third-order valence-electron chi connectivity index (χ3n) is 5.05. The van der Waals surface area contributed by atoms with Crippen molar-refractivity contribution in [2.24, 2.45) is 11.8 Å². The Morgan fingerprint density at radius 1 is 1.08 bits per heavy atom. The number of sulfone groups is 1. The lowest BCUT2D eigenvalue weighted by molar-refractivity contribution is -0.123. The third kappa shape index (κ3) is 4.82.